The van der Waals surface area contributed by atoms with Crippen LogP contribution in [-0.4, -0.2) is 42.2 Å². The molecule has 6 heteroatoms. The number of fused-ring (bicyclic) bond motifs is 1. The Hall–Kier alpha value is -2.86. The maximum absolute atomic E-state index is 12.1. The van der Waals surface area contributed by atoms with Gasteiger partial charge in [0.15, 0.2) is 0 Å². The van der Waals surface area contributed by atoms with Gasteiger partial charge in [0.1, 0.15) is 23.9 Å². The summed E-state index contributed by atoms with van der Waals surface area (Å²) in [5.41, 5.74) is 0.604. The Bertz CT molecular complexity index is 890. The number of hydrogen-bond donors (Lipinski definition) is 1. The highest BCUT2D eigenvalue weighted by molar-refractivity contribution is 5.77. The van der Waals surface area contributed by atoms with Gasteiger partial charge in [-0.2, -0.15) is 0 Å². The zero-order chi connectivity index (χ0) is 17.6. The summed E-state index contributed by atoms with van der Waals surface area (Å²) in [7, 11) is 3.60. The van der Waals surface area contributed by atoms with Crippen molar-refractivity contribution < 1.29 is 9.47 Å². The van der Waals surface area contributed by atoms with Gasteiger partial charge in [-0.05, 0) is 43.4 Å². The third-order valence-electron chi connectivity index (χ3n) is 3.88. The lowest BCUT2D eigenvalue weighted by Crippen LogP contribution is -2.26. The fourth-order valence-electron chi connectivity index (χ4n) is 2.54. The molecule has 0 fully saturated rings. The number of aromatic nitrogens is 2. The molecule has 25 heavy (non-hydrogen) atoms. The molecule has 3 aromatic rings. The minimum absolute atomic E-state index is 0.108. The van der Waals surface area contributed by atoms with E-state index in [0.29, 0.717) is 36.4 Å². The Kier molecular flexibility index (Phi) is 5.30. The van der Waals surface area contributed by atoms with Crippen molar-refractivity contribution in [3.05, 3.63) is 64.7 Å². The van der Waals surface area contributed by atoms with Crippen LogP contribution in [0.25, 0.3) is 10.9 Å². The van der Waals surface area contributed by atoms with Gasteiger partial charge >= 0.3 is 0 Å². The summed E-state index contributed by atoms with van der Waals surface area (Å²) >= 11 is 0. The Morgan fingerprint density at radius 2 is 1.80 bits per heavy atom. The first-order valence-corrected chi connectivity index (χ1v) is 8.09. The molecule has 1 heterocycles. The molecule has 2 aromatic carbocycles. The molecule has 6 nitrogen and oxygen atoms in total. The van der Waals surface area contributed by atoms with Gasteiger partial charge in [-0.15, -0.1) is 0 Å². The first kappa shape index (κ1) is 17.0. The first-order chi connectivity index (χ1) is 12.2. The minimum atomic E-state index is -0.108. The van der Waals surface area contributed by atoms with Gasteiger partial charge in [-0.25, -0.2) is 4.98 Å². The van der Waals surface area contributed by atoms with Gasteiger partial charge in [0.25, 0.3) is 5.56 Å². The lowest BCUT2D eigenvalue weighted by molar-refractivity contribution is 0.229. The number of nitrogens with one attached hydrogen (secondary N) is 1. The van der Waals surface area contributed by atoms with Crippen molar-refractivity contribution in [2.45, 2.75) is 6.54 Å². The maximum atomic E-state index is 12.1. The van der Waals surface area contributed by atoms with Crippen LogP contribution in [-0.2, 0) is 6.54 Å². The van der Waals surface area contributed by atoms with Crippen LogP contribution in [0.5, 0.6) is 11.5 Å². The number of methoxy groups -OCH3 is 1. The smallest absolute Gasteiger partial charge is 0.258 e. The highest BCUT2D eigenvalue weighted by Gasteiger charge is 2.06. The molecule has 0 amide bonds. The van der Waals surface area contributed by atoms with E-state index in [2.05, 4.69) is 14.9 Å². The number of para-hydroxylation sites is 1. The fourth-order valence-corrected chi connectivity index (χ4v) is 2.54. The number of ether oxygens (including phenoxy) is 2. The summed E-state index contributed by atoms with van der Waals surface area (Å²) in [5.74, 6) is 2.25. The van der Waals surface area contributed by atoms with Crippen molar-refractivity contribution >= 4 is 10.9 Å². The second kappa shape index (κ2) is 7.81. The summed E-state index contributed by atoms with van der Waals surface area (Å²) in [6.07, 6.45) is 0. The average molecular weight is 339 g/mol. The molecule has 130 valence electrons. The topological polar surface area (TPSA) is 67.5 Å². The number of aromatic amines is 1. The van der Waals surface area contributed by atoms with Crippen molar-refractivity contribution in [2.24, 2.45) is 0 Å². The third kappa shape index (κ3) is 4.36. The van der Waals surface area contributed by atoms with E-state index in [1.165, 1.54) is 0 Å². The van der Waals surface area contributed by atoms with Crippen LogP contribution >= 0.6 is 0 Å². The normalized spacial score (nSPS) is 11.0. The molecule has 0 bridgehead atoms. The Labute approximate surface area is 146 Å². The standard InChI is InChI=1S/C19H21N3O3/c1-22(11-12-25-15-9-7-14(24-2)8-10-15)13-18-20-17-6-4-3-5-16(17)19(23)21-18/h3-10H,11-13H2,1-2H3,(H,20,21,23). The molecule has 0 aliphatic rings. The van der Waals surface area contributed by atoms with E-state index in [1.54, 1.807) is 13.2 Å². The predicted octanol–water partition coefficient (Wildman–Crippen LogP) is 2.44. The van der Waals surface area contributed by atoms with E-state index >= 15 is 0 Å². The molecule has 0 radical (unpaired) electrons. The first-order valence-electron chi connectivity index (χ1n) is 8.09. The summed E-state index contributed by atoms with van der Waals surface area (Å²) in [6, 6.07) is 14.8. The molecule has 0 aliphatic heterocycles. The van der Waals surface area contributed by atoms with Gasteiger partial charge in [-0.1, -0.05) is 12.1 Å². The summed E-state index contributed by atoms with van der Waals surface area (Å²) in [4.78, 5) is 21.5. The zero-order valence-electron chi connectivity index (χ0n) is 14.4. The van der Waals surface area contributed by atoms with Gasteiger partial charge in [-0.3, -0.25) is 9.69 Å². The Morgan fingerprint density at radius 1 is 1.08 bits per heavy atom. The van der Waals surface area contributed by atoms with E-state index < -0.39 is 0 Å². The van der Waals surface area contributed by atoms with Crippen LogP contribution in [0.15, 0.2) is 53.3 Å². The number of benzene rings is 2. The van der Waals surface area contributed by atoms with E-state index in [1.807, 2.05) is 49.5 Å². The number of likely N-dealkylation sites (N-methyl/N-ethyl adjacent to an activating group) is 1. The summed E-state index contributed by atoms with van der Waals surface area (Å²) in [6.45, 7) is 1.80. The van der Waals surface area contributed by atoms with Crippen molar-refractivity contribution in [3.63, 3.8) is 0 Å². The number of nitrogens with zero attached hydrogens (tertiary/aromatic N) is 2. The highest BCUT2D eigenvalue weighted by atomic mass is 16.5. The average Bonchev–Trinajstić information content (AvgIpc) is 2.62. The molecule has 0 atom stereocenters. The van der Waals surface area contributed by atoms with Crippen LogP contribution in [0.3, 0.4) is 0 Å². The lowest BCUT2D eigenvalue weighted by Gasteiger charge is -2.16. The highest BCUT2D eigenvalue weighted by Crippen LogP contribution is 2.16. The largest absolute Gasteiger partial charge is 0.497 e. The number of hydrogen-bond acceptors (Lipinski definition) is 5. The maximum Gasteiger partial charge on any atom is 0.258 e. The van der Waals surface area contributed by atoms with Crippen LogP contribution in [0, 0.1) is 0 Å². The molecule has 0 unspecified atom stereocenters. The SMILES string of the molecule is COc1ccc(OCCN(C)Cc2nc3ccccc3c(=O)[nH]2)cc1. The quantitative estimate of drug-likeness (QED) is 0.716. The van der Waals surface area contributed by atoms with Crippen molar-refractivity contribution in [3.8, 4) is 11.5 Å². The van der Waals surface area contributed by atoms with Crippen LogP contribution < -0.4 is 15.0 Å². The molecule has 0 aliphatic carbocycles. The minimum Gasteiger partial charge on any atom is -0.497 e. The van der Waals surface area contributed by atoms with E-state index in [4.69, 9.17) is 9.47 Å². The molecular weight excluding hydrogens is 318 g/mol. The van der Waals surface area contributed by atoms with E-state index in [-0.39, 0.29) is 5.56 Å². The third-order valence-corrected chi connectivity index (χ3v) is 3.88. The van der Waals surface area contributed by atoms with Crippen LogP contribution in [0.1, 0.15) is 5.82 Å². The van der Waals surface area contributed by atoms with Crippen LogP contribution in [0.2, 0.25) is 0 Å². The molecular formula is C19H21N3O3. The van der Waals surface area contributed by atoms with Crippen molar-refractivity contribution in [1.82, 2.24) is 14.9 Å². The van der Waals surface area contributed by atoms with Gasteiger partial charge in [0.05, 0.1) is 24.6 Å². The predicted molar refractivity (Wildman–Crippen MR) is 97.2 cm³/mol. The second-order valence-corrected chi connectivity index (χ2v) is 5.79. The molecule has 3 rings (SSSR count). The number of H-pyrrole nitrogens is 1. The molecule has 1 aromatic heterocycles. The van der Waals surface area contributed by atoms with Crippen molar-refractivity contribution in [2.75, 3.05) is 27.3 Å². The fraction of sp³-hybridized carbons (Fsp3) is 0.263. The van der Waals surface area contributed by atoms with Gasteiger partial charge < -0.3 is 14.5 Å². The second-order valence-electron chi connectivity index (χ2n) is 5.79. The van der Waals surface area contributed by atoms with Crippen molar-refractivity contribution in [1.29, 1.82) is 0 Å². The zero-order valence-corrected chi connectivity index (χ0v) is 14.4. The lowest BCUT2D eigenvalue weighted by atomic mass is 10.2. The molecule has 0 saturated carbocycles. The van der Waals surface area contributed by atoms with Crippen LogP contribution in [0.4, 0.5) is 0 Å². The summed E-state index contributed by atoms with van der Waals surface area (Å²) < 4.78 is 10.8. The number of rotatable bonds is 7. The van der Waals surface area contributed by atoms with E-state index in [9.17, 15) is 4.79 Å². The van der Waals surface area contributed by atoms with E-state index in [0.717, 1.165) is 11.5 Å². The summed E-state index contributed by atoms with van der Waals surface area (Å²) in [5, 5.41) is 0.608. The van der Waals surface area contributed by atoms with Gasteiger partial charge in [0.2, 0.25) is 0 Å². The monoisotopic (exact) mass is 339 g/mol. The molecule has 0 saturated heterocycles. The van der Waals surface area contributed by atoms with Gasteiger partial charge in [0, 0.05) is 6.54 Å². The Morgan fingerprint density at radius 3 is 2.56 bits per heavy atom. The molecule has 1 N–H and O–H groups in total. The Balaban J connectivity index is 1.55. The molecule has 0 spiro atoms.